The molecule has 0 bridgehead atoms. The van der Waals surface area contributed by atoms with Crippen LogP contribution in [0.4, 0.5) is 0 Å². The molecule has 3 rings (SSSR count). The van der Waals surface area contributed by atoms with Crippen LogP contribution in [0.2, 0.25) is 0 Å². The molecule has 3 N–H and O–H groups in total. The molecular weight excluding hydrogens is 382 g/mol. The Kier molecular flexibility index (Phi) is 6.21. The Morgan fingerprint density at radius 3 is 2.96 bits per heavy atom. The van der Waals surface area contributed by atoms with Crippen molar-refractivity contribution in [3.8, 4) is 0 Å². The van der Waals surface area contributed by atoms with E-state index in [1.165, 1.54) is 6.07 Å². The van der Waals surface area contributed by atoms with Crippen LogP contribution in [-0.4, -0.2) is 30.5 Å². The summed E-state index contributed by atoms with van der Waals surface area (Å²) < 4.78 is 0.772. The maximum absolute atomic E-state index is 12.4. The quantitative estimate of drug-likeness (QED) is 0.738. The van der Waals surface area contributed by atoms with Crippen LogP contribution in [0.1, 0.15) is 23.2 Å². The lowest BCUT2D eigenvalue weighted by atomic mass is 10.0. The van der Waals surface area contributed by atoms with Gasteiger partial charge >= 0.3 is 0 Å². The van der Waals surface area contributed by atoms with E-state index >= 15 is 0 Å². The number of aromatic amines is 1. The number of carbonyl (C=O) groups excluding carboxylic acids is 1. The highest BCUT2D eigenvalue weighted by molar-refractivity contribution is 9.10. The Morgan fingerprint density at radius 2 is 2.22 bits per heavy atom. The van der Waals surface area contributed by atoms with Crippen molar-refractivity contribution in [2.24, 2.45) is 5.92 Å². The van der Waals surface area contributed by atoms with E-state index in [1.807, 2.05) is 18.2 Å². The third-order valence-electron chi connectivity index (χ3n) is 4.07. The highest BCUT2D eigenvalue weighted by Gasteiger charge is 2.16. The molecule has 1 unspecified atom stereocenters. The average molecular weight is 401 g/mol. The van der Waals surface area contributed by atoms with Crippen molar-refractivity contribution in [3.63, 3.8) is 0 Å². The fourth-order valence-electron chi connectivity index (χ4n) is 2.88. The summed E-state index contributed by atoms with van der Waals surface area (Å²) >= 11 is 3.40. The highest BCUT2D eigenvalue weighted by Crippen LogP contribution is 2.23. The van der Waals surface area contributed by atoms with Gasteiger partial charge in [-0.1, -0.05) is 12.1 Å². The zero-order valence-corrected chi connectivity index (χ0v) is 14.9. The van der Waals surface area contributed by atoms with Crippen molar-refractivity contribution in [2.75, 3.05) is 19.6 Å². The van der Waals surface area contributed by atoms with Crippen molar-refractivity contribution in [1.82, 2.24) is 15.6 Å². The third kappa shape index (κ3) is 4.13. The van der Waals surface area contributed by atoms with Crippen molar-refractivity contribution < 1.29 is 4.79 Å². The first-order valence-electron chi connectivity index (χ1n) is 7.45. The number of aromatic nitrogens is 1. The summed E-state index contributed by atoms with van der Waals surface area (Å²) in [6, 6.07) is 6.89. The summed E-state index contributed by atoms with van der Waals surface area (Å²) in [5, 5.41) is 6.99. The van der Waals surface area contributed by atoms with E-state index in [0.29, 0.717) is 23.5 Å². The number of pyridine rings is 1. The van der Waals surface area contributed by atoms with E-state index in [2.05, 4.69) is 31.5 Å². The summed E-state index contributed by atoms with van der Waals surface area (Å²) in [6.45, 7) is 2.72. The standard InChI is InChI=1S/C16H18BrN3O2.ClH/c17-13-3-1-2-11-12(8-14(21)20-15(11)13)16(22)19-7-5-10-4-6-18-9-10;/h1-3,8,10,18H,4-7,9H2,(H,19,22)(H,20,21);1H. The predicted octanol–water partition coefficient (Wildman–Crippen LogP) is 2.44. The minimum absolute atomic E-state index is 0. The molecule has 1 amide bonds. The monoisotopic (exact) mass is 399 g/mol. The summed E-state index contributed by atoms with van der Waals surface area (Å²) in [4.78, 5) is 26.9. The van der Waals surface area contributed by atoms with Crippen LogP contribution >= 0.6 is 28.3 Å². The molecule has 0 spiro atoms. The van der Waals surface area contributed by atoms with Gasteiger partial charge in [0.25, 0.3) is 5.91 Å². The van der Waals surface area contributed by atoms with E-state index in [4.69, 9.17) is 0 Å². The molecule has 0 saturated carbocycles. The lowest BCUT2D eigenvalue weighted by molar-refractivity contribution is 0.0953. The first-order chi connectivity index (χ1) is 10.6. The molecule has 1 aromatic heterocycles. The summed E-state index contributed by atoms with van der Waals surface area (Å²) in [7, 11) is 0. The van der Waals surface area contributed by atoms with Crippen LogP contribution in [0, 0.1) is 5.92 Å². The number of carbonyl (C=O) groups is 1. The van der Waals surface area contributed by atoms with Crippen LogP contribution in [0.15, 0.2) is 33.5 Å². The van der Waals surface area contributed by atoms with Gasteiger partial charge in [-0.25, -0.2) is 0 Å². The van der Waals surface area contributed by atoms with Gasteiger partial charge in [-0.15, -0.1) is 12.4 Å². The number of fused-ring (bicyclic) bond motifs is 1. The topological polar surface area (TPSA) is 74.0 Å². The number of hydrogen-bond acceptors (Lipinski definition) is 3. The van der Waals surface area contributed by atoms with Gasteiger partial charge in [0.1, 0.15) is 0 Å². The molecule has 1 aliphatic heterocycles. The summed E-state index contributed by atoms with van der Waals surface area (Å²) in [5.74, 6) is 0.436. The Hall–Kier alpha value is -1.37. The van der Waals surface area contributed by atoms with Crippen molar-refractivity contribution in [3.05, 3.63) is 44.7 Å². The minimum Gasteiger partial charge on any atom is -0.352 e. The number of hydrogen-bond donors (Lipinski definition) is 3. The first-order valence-corrected chi connectivity index (χ1v) is 8.25. The lowest BCUT2D eigenvalue weighted by Crippen LogP contribution is -2.27. The molecule has 0 radical (unpaired) electrons. The molecule has 1 fully saturated rings. The van der Waals surface area contributed by atoms with E-state index in [-0.39, 0.29) is 23.9 Å². The molecule has 124 valence electrons. The number of H-pyrrole nitrogens is 1. The Morgan fingerprint density at radius 1 is 1.39 bits per heavy atom. The Labute approximate surface area is 148 Å². The van der Waals surface area contributed by atoms with Crippen molar-refractivity contribution >= 4 is 45.1 Å². The third-order valence-corrected chi connectivity index (χ3v) is 4.73. The Bertz CT molecular complexity index is 757. The minimum atomic E-state index is -0.274. The number of halogens is 2. The van der Waals surface area contributed by atoms with Crippen LogP contribution < -0.4 is 16.2 Å². The number of rotatable bonds is 4. The molecule has 2 aromatic rings. The normalized spacial score (nSPS) is 17.0. The molecule has 1 aromatic carbocycles. The molecule has 23 heavy (non-hydrogen) atoms. The second kappa shape index (κ2) is 7.95. The second-order valence-electron chi connectivity index (χ2n) is 5.61. The number of para-hydroxylation sites is 1. The van der Waals surface area contributed by atoms with Crippen LogP contribution in [0.3, 0.4) is 0 Å². The molecule has 0 aliphatic carbocycles. The fraction of sp³-hybridized carbons (Fsp3) is 0.375. The number of benzene rings is 1. The largest absolute Gasteiger partial charge is 0.352 e. The molecule has 1 aliphatic rings. The van der Waals surface area contributed by atoms with E-state index in [0.717, 1.165) is 35.8 Å². The van der Waals surface area contributed by atoms with Gasteiger partial charge in [-0.3, -0.25) is 9.59 Å². The number of nitrogens with one attached hydrogen (secondary N) is 3. The average Bonchev–Trinajstić information content (AvgIpc) is 3.01. The van der Waals surface area contributed by atoms with Crippen LogP contribution in [-0.2, 0) is 0 Å². The van der Waals surface area contributed by atoms with Crippen LogP contribution in [0.25, 0.3) is 10.9 Å². The van der Waals surface area contributed by atoms with E-state index < -0.39 is 0 Å². The maximum Gasteiger partial charge on any atom is 0.252 e. The molecule has 1 saturated heterocycles. The molecule has 1 atom stereocenters. The van der Waals surface area contributed by atoms with E-state index in [1.54, 1.807) is 0 Å². The van der Waals surface area contributed by atoms with Gasteiger partial charge in [-0.2, -0.15) is 0 Å². The van der Waals surface area contributed by atoms with Gasteiger partial charge in [0.05, 0.1) is 11.1 Å². The zero-order valence-electron chi connectivity index (χ0n) is 12.5. The number of amides is 1. The highest BCUT2D eigenvalue weighted by atomic mass is 79.9. The van der Waals surface area contributed by atoms with Gasteiger partial charge in [-0.05, 0) is 53.8 Å². The van der Waals surface area contributed by atoms with Crippen LogP contribution in [0.5, 0.6) is 0 Å². The molecular formula is C16H19BrClN3O2. The first kappa shape index (κ1) is 18.0. The Balaban J connectivity index is 0.00000192. The predicted molar refractivity (Wildman–Crippen MR) is 97.4 cm³/mol. The summed E-state index contributed by atoms with van der Waals surface area (Å²) in [5.41, 5.74) is 0.800. The maximum atomic E-state index is 12.4. The van der Waals surface area contributed by atoms with E-state index in [9.17, 15) is 9.59 Å². The van der Waals surface area contributed by atoms with Crippen molar-refractivity contribution in [1.29, 1.82) is 0 Å². The van der Waals surface area contributed by atoms with Gasteiger partial charge in [0, 0.05) is 22.5 Å². The van der Waals surface area contributed by atoms with Crippen molar-refractivity contribution in [2.45, 2.75) is 12.8 Å². The molecule has 5 nitrogen and oxygen atoms in total. The molecule has 2 heterocycles. The SMILES string of the molecule is Cl.O=C(NCCC1CCNC1)c1cc(=O)[nH]c2c(Br)cccc12. The second-order valence-corrected chi connectivity index (χ2v) is 6.47. The summed E-state index contributed by atoms with van der Waals surface area (Å²) in [6.07, 6.45) is 2.13. The van der Waals surface area contributed by atoms with Gasteiger partial charge < -0.3 is 15.6 Å². The fourth-order valence-corrected chi connectivity index (χ4v) is 3.34. The van der Waals surface area contributed by atoms with Gasteiger partial charge in [0.15, 0.2) is 0 Å². The van der Waals surface area contributed by atoms with Gasteiger partial charge in [0.2, 0.25) is 5.56 Å². The smallest absolute Gasteiger partial charge is 0.252 e. The molecule has 7 heteroatoms. The lowest BCUT2D eigenvalue weighted by Gasteiger charge is -2.11. The zero-order chi connectivity index (χ0) is 15.5.